The molecule has 0 spiro atoms. The first-order valence-electron chi connectivity index (χ1n) is 6.75. The number of hydrogen-bond donors (Lipinski definition) is 2. The summed E-state index contributed by atoms with van der Waals surface area (Å²) in [6, 6.07) is 4.10. The van der Waals surface area contributed by atoms with Crippen LogP contribution in [-0.2, 0) is 0 Å². The van der Waals surface area contributed by atoms with E-state index in [1.54, 1.807) is 6.07 Å². The van der Waals surface area contributed by atoms with Crippen molar-refractivity contribution >= 4 is 11.4 Å². The van der Waals surface area contributed by atoms with Crippen LogP contribution in [0.2, 0.25) is 0 Å². The van der Waals surface area contributed by atoms with E-state index in [-0.39, 0.29) is 16.7 Å². The summed E-state index contributed by atoms with van der Waals surface area (Å²) in [4.78, 5) is 10.8. The lowest BCUT2D eigenvalue weighted by molar-refractivity contribution is -0.384. The molecule has 19 heavy (non-hydrogen) atoms. The molecule has 0 saturated heterocycles. The summed E-state index contributed by atoms with van der Waals surface area (Å²) in [5, 5.41) is 14.4. The van der Waals surface area contributed by atoms with Crippen LogP contribution in [0.3, 0.4) is 0 Å². The average molecular weight is 263 g/mol. The van der Waals surface area contributed by atoms with Crippen molar-refractivity contribution in [3.63, 3.8) is 0 Å². The fourth-order valence-electron chi connectivity index (χ4n) is 2.55. The maximum Gasteiger partial charge on any atom is 0.292 e. The Bertz CT molecular complexity index is 480. The van der Waals surface area contributed by atoms with Crippen LogP contribution in [0.1, 0.15) is 36.8 Å². The molecule has 0 unspecified atom stereocenters. The molecule has 0 amide bonds. The molecule has 0 bridgehead atoms. The minimum absolute atomic E-state index is 0.165. The van der Waals surface area contributed by atoms with Crippen LogP contribution in [-0.4, -0.2) is 17.0 Å². The van der Waals surface area contributed by atoms with Gasteiger partial charge in [0, 0.05) is 18.2 Å². The van der Waals surface area contributed by atoms with Gasteiger partial charge in [0.1, 0.15) is 5.69 Å². The third-order valence-electron chi connectivity index (χ3n) is 3.94. The molecule has 3 N–H and O–H groups in total. The average Bonchev–Trinajstić information content (AvgIpc) is 2.36. The summed E-state index contributed by atoms with van der Waals surface area (Å²) in [6.07, 6.45) is 3.92. The van der Waals surface area contributed by atoms with E-state index in [1.165, 1.54) is 0 Å². The van der Waals surface area contributed by atoms with Crippen molar-refractivity contribution in [2.24, 2.45) is 5.73 Å². The van der Waals surface area contributed by atoms with E-state index < -0.39 is 0 Å². The van der Waals surface area contributed by atoms with Crippen molar-refractivity contribution in [3.05, 3.63) is 33.4 Å². The minimum Gasteiger partial charge on any atom is -0.377 e. The van der Waals surface area contributed by atoms with Crippen LogP contribution in [0.4, 0.5) is 11.4 Å². The van der Waals surface area contributed by atoms with Gasteiger partial charge in [-0.3, -0.25) is 10.1 Å². The SMILES string of the molecule is Cc1cc(NC2CCC(N)CC2)c([N+](=O)[O-])cc1C. The molecule has 1 aliphatic rings. The van der Waals surface area contributed by atoms with E-state index >= 15 is 0 Å². The predicted octanol–water partition coefficient (Wildman–Crippen LogP) is 2.89. The normalized spacial score (nSPS) is 23.1. The zero-order chi connectivity index (χ0) is 14.0. The van der Waals surface area contributed by atoms with E-state index in [0.29, 0.717) is 11.7 Å². The van der Waals surface area contributed by atoms with Gasteiger partial charge in [0.15, 0.2) is 0 Å². The van der Waals surface area contributed by atoms with E-state index in [1.807, 2.05) is 19.9 Å². The number of anilines is 1. The van der Waals surface area contributed by atoms with E-state index in [2.05, 4.69) is 5.32 Å². The second kappa shape index (κ2) is 5.57. The third kappa shape index (κ3) is 3.23. The summed E-state index contributed by atoms with van der Waals surface area (Å²) < 4.78 is 0. The monoisotopic (exact) mass is 263 g/mol. The molecule has 1 aliphatic carbocycles. The minimum atomic E-state index is -0.316. The molecule has 0 heterocycles. The number of aryl methyl sites for hydroxylation is 2. The van der Waals surface area contributed by atoms with Crippen LogP contribution in [0.15, 0.2) is 12.1 Å². The van der Waals surface area contributed by atoms with Gasteiger partial charge in [-0.05, 0) is 56.7 Å². The predicted molar refractivity (Wildman–Crippen MR) is 76.4 cm³/mol. The first-order chi connectivity index (χ1) is 8.97. The molecule has 5 nitrogen and oxygen atoms in total. The van der Waals surface area contributed by atoms with Gasteiger partial charge in [0.25, 0.3) is 5.69 Å². The molecular weight excluding hydrogens is 242 g/mol. The standard InChI is InChI=1S/C14H21N3O2/c1-9-7-13(14(17(18)19)8-10(9)2)16-12-5-3-11(15)4-6-12/h7-8,11-12,16H,3-6,15H2,1-2H3. The van der Waals surface area contributed by atoms with E-state index in [0.717, 1.165) is 36.8 Å². The van der Waals surface area contributed by atoms with Gasteiger partial charge in [0.2, 0.25) is 0 Å². The molecule has 0 aliphatic heterocycles. The molecule has 1 aromatic carbocycles. The van der Waals surface area contributed by atoms with Gasteiger partial charge in [-0.25, -0.2) is 0 Å². The van der Waals surface area contributed by atoms with Crippen LogP contribution >= 0.6 is 0 Å². The molecular formula is C14H21N3O2. The van der Waals surface area contributed by atoms with E-state index in [9.17, 15) is 10.1 Å². The number of benzene rings is 1. The van der Waals surface area contributed by atoms with Crippen molar-refractivity contribution < 1.29 is 4.92 Å². The zero-order valence-electron chi connectivity index (χ0n) is 11.5. The second-order valence-electron chi connectivity index (χ2n) is 5.47. The molecule has 1 saturated carbocycles. The molecule has 2 rings (SSSR count). The highest BCUT2D eigenvalue weighted by Crippen LogP contribution is 2.30. The van der Waals surface area contributed by atoms with Crippen LogP contribution in [0, 0.1) is 24.0 Å². The summed E-state index contributed by atoms with van der Waals surface area (Å²) >= 11 is 0. The van der Waals surface area contributed by atoms with Crippen LogP contribution in [0.25, 0.3) is 0 Å². The maximum atomic E-state index is 11.1. The number of rotatable bonds is 3. The lowest BCUT2D eigenvalue weighted by Crippen LogP contribution is -2.33. The number of hydrogen-bond acceptors (Lipinski definition) is 4. The second-order valence-corrected chi connectivity index (χ2v) is 5.47. The van der Waals surface area contributed by atoms with Gasteiger partial charge in [0.05, 0.1) is 4.92 Å². The topological polar surface area (TPSA) is 81.2 Å². The van der Waals surface area contributed by atoms with E-state index in [4.69, 9.17) is 5.73 Å². The Morgan fingerprint density at radius 2 is 1.79 bits per heavy atom. The summed E-state index contributed by atoms with van der Waals surface area (Å²) in [6.45, 7) is 3.87. The largest absolute Gasteiger partial charge is 0.377 e. The van der Waals surface area contributed by atoms with Crippen molar-refractivity contribution in [1.29, 1.82) is 0 Å². The van der Waals surface area contributed by atoms with Gasteiger partial charge < -0.3 is 11.1 Å². The highest BCUT2D eigenvalue weighted by molar-refractivity contribution is 5.64. The molecule has 0 radical (unpaired) electrons. The van der Waals surface area contributed by atoms with Crippen molar-refractivity contribution in [2.45, 2.75) is 51.6 Å². The Hall–Kier alpha value is -1.62. The van der Waals surface area contributed by atoms with Gasteiger partial charge >= 0.3 is 0 Å². The maximum absolute atomic E-state index is 11.1. The summed E-state index contributed by atoms with van der Waals surface area (Å²) in [5.41, 5.74) is 8.69. The molecule has 0 atom stereocenters. The van der Waals surface area contributed by atoms with Crippen LogP contribution in [0.5, 0.6) is 0 Å². The first kappa shape index (κ1) is 13.8. The highest BCUT2D eigenvalue weighted by atomic mass is 16.6. The highest BCUT2D eigenvalue weighted by Gasteiger charge is 2.22. The van der Waals surface area contributed by atoms with Crippen molar-refractivity contribution in [3.8, 4) is 0 Å². The third-order valence-corrected chi connectivity index (χ3v) is 3.94. The Kier molecular flexibility index (Phi) is 4.04. The first-order valence-corrected chi connectivity index (χ1v) is 6.75. The number of nitrogens with two attached hydrogens (primary N) is 1. The van der Waals surface area contributed by atoms with Crippen molar-refractivity contribution in [1.82, 2.24) is 0 Å². The summed E-state index contributed by atoms with van der Waals surface area (Å²) in [7, 11) is 0. The Labute approximate surface area is 113 Å². The number of nitrogens with one attached hydrogen (secondary N) is 1. The van der Waals surface area contributed by atoms with Gasteiger partial charge in [-0.1, -0.05) is 0 Å². The Morgan fingerprint density at radius 1 is 1.21 bits per heavy atom. The smallest absolute Gasteiger partial charge is 0.292 e. The zero-order valence-corrected chi connectivity index (χ0v) is 11.5. The number of nitro benzene ring substituents is 1. The summed E-state index contributed by atoms with van der Waals surface area (Å²) in [5.74, 6) is 0. The van der Waals surface area contributed by atoms with Crippen LogP contribution < -0.4 is 11.1 Å². The fourth-order valence-corrected chi connectivity index (χ4v) is 2.55. The van der Waals surface area contributed by atoms with Gasteiger partial charge in [-0.15, -0.1) is 0 Å². The fraction of sp³-hybridized carbons (Fsp3) is 0.571. The van der Waals surface area contributed by atoms with Crippen molar-refractivity contribution in [2.75, 3.05) is 5.32 Å². The number of nitro groups is 1. The molecule has 1 fully saturated rings. The number of nitrogens with zero attached hydrogens (tertiary/aromatic N) is 1. The molecule has 104 valence electrons. The quantitative estimate of drug-likeness (QED) is 0.649. The van der Waals surface area contributed by atoms with Gasteiger partial charge in [-0.2, -0.15) is 0 Å². The molecule has 5 heteroatoms. The molecule has 1 aromatic rings. The Balaban J connectivity index is 2.19. The lowest BCUT2D eigenvalue weighted by Gasteiger charge is -2.27. The molecule has 0 aromatic heterocycles. The Morgan fingerprint density at radius 3 is 2.37 bits per heavy atom. The lowest BCUT2D eigenvalue weighted by atomic mass is 9.91.